The van der Waals surface area contributed by atoms with E-state index in [9.17, 15) is 4.79 Å². The summed E-state index contributed by atoms with van der Waals surface area (Å²) >= 11 is 0. The minimum absolute atomic E-state index is 0.216. The normalized spacial score (nSPS) is 11.1. The van der Waals surface area contributed by atoms with Crippen molar-refractivity contribution in [1.82, 2.24) is 0 Å². The Morgan fingerprint density at radius 3 is 2.31 bits per heavy atom. The zero-order valence-corrected chi connectivity index (χ0v) is 9.14. The molecule has 0 N–H and O–H groups in total. The van der Waals surface area contributed by atoms with E-state index in [1.807, 2.05) is 6.92 Å². The molecule has 0 aliphatic carbocycles. The second-order valence-corrected chi connectivity index (χ2v) is 4.40. The molecule has 0 atom stereocenters. The van der Waals surface area contributed by atoms with Gasteiger partial charge in [0.05, 0.1) is 6.61 Å². The summed E-state index contributed by atoms with van der Waals surface area (Å²) in [6, 6.07) is 0. The average Bonchev–Trinajstić information content (AvgIpc) is 2.00. The molecule has 0 aliphatic heterocycles. The Labute approximate surface area is 81.0 Å². The Balaban J connectivity index is 3.66. The molecule has 0 unspecified atom stereocenters. The Bertz CT molecular complexity index is 187. The standard InChI is InChI=1S/C11H20O2/c1-6-9(2)10(12)13-8-7-11(3,4)5/h2,6-8H2,1,3-5H3. The summed E-state index contributed by atoms with van der Waals surface area (Å²) in [7, 11) is 0. The minimum Gasteiger partial charge on any atom is -0.462 e. The van der Waals surface area contributed by atoms with Gasteiger partial charge in [0, 0.05) is 5.57 Å². The van der Waals surface area contributed by atoms with Gasteiger partial charge in [-0.05, 0) is 18.3 Å². The van der Waals surface area contributed by atoms with E-state index in [4.69, 9.17) is 4.74 Å². The van der Waals surface area contributed by atoms with Crippen LogP contribution in [0.4, 0.5) is 0 Å². The van der Waals surface area contributed by atoms with E-state index in [1.54, 1.807) is 0 Å². The smallest absolute Gasteiger partial charge is 0.333 e. The zero-order valence-electron chi connectivity index (χ0n) is 9.14. The van der Waals surface area contributed by atoms with Crippen molar-refractivity contribution >= 4 is 5.97 Å². The van der Waals surface area contributed by atoms with Gasteiger partial charge in [0.2, 0.25) is 0 Å². The molecule has 2 heteroatoms. The van der Waals surface area contributed by atoms with Crippen LogP contribution in [0.2, 0.25) is 0 Å². The van der Waals surface area contributed by atoms with E-state index in [0.29, 0.717) is 18.6 Å². The SMILES string of the molecule is C=C(CC)C(=O)OCCC(C)(C)C. The third-order valence-corrected chi connectivity index (χ3v) is 1.80. The van der Waals surface area contributed by atoms with Gasteiger partial charge in [0.25, 0.3) is 0 Å². The molecular weight excluding hydrogens is 164 g/mol. The van der Waals surface area contributed by atoms with Gasteiger partial charge in [-0.25, -0.2) is 4.79 Å². The van der Waals surface area contributed by atoms with Gasteiger partial charge < -0.3 is 4.74 Å². The van der Waals surface area contributed by atoms with Crippen LogP contribution in [-0.2, 0) is 9.53 Å². The molecule has 76 valence electrons. The fourth-order valence-corrected chi connectivity index (χ4v) is 0.696. The summed E-state index contributed by atoms with van der Waals surface area (Å²) in [5, 5.41) is 0. The summed E-state index contributed by atoms with van der Waals surface area (Å²) in [5.41, 5.74) is 0.766. The number of esters is 1. The van der Waals surface area contributed by atoms with E-state index < -0.39 is 0 Å². The maximum absolute atomic E-state index is 11.1. The van der Waals surface area contributed by atoms with E-state index in [-0.39, 0.29) is 11.4 Å². The molecule has 0 heterocycles. The summed E-state index contributed by atoms with van der Waals surface area (Å²) in [6.45, 7) is 12.4. The van der Waals surface area contributed by atoms with Crippen molar-refractivity contribution in [1.29, 1.82) is 0 Å². The third-order valence-electron chi connectivity index (χ3n) is 1.80. The Morgan fingerprint density at radius 1 is 1.38 bits per heavy atom. The summed E-state index contributed by atoms with van der Waals surface area (Å²) < 4.78 is 5.03. The van der Waals surface area contributed by atoms with Crippen LogP contribution in [0.3, 0.4) is 0 Å². The minimum atomic E-state index is -0.258. The fourth-order valence-electron chi connectivity index (χ4n) is 0.696. The quantitative estimate of drug-likeness (QED) is 0.496. The molecule has 0 bridgehead atoms. The number of ether oxygens (including phenoxy) is 1. The molecule has 2 nitrogen and oxygen atoms in total. The zero-order chi connectivity index (χ0) is 10.5. The maximum Gasteiger partial charge on any atom is 0.333 e. The van der Waals surface area contributed by atoms with Gasteiger partial charge >= 0.3 is 5.97 Å². The van der Waals surface area contributed by atoms with Crippen molar-refractivity contribution in [3.8, 4) is 0 Å². The van der Waals surface area contributed by atoms with Crippen molar-refractivity contribution in [2.75, 3.05) is 6.61 Å². The Morgan fingerprint density at radius 2 is 1.92 bits per heavy atom. The molecule has 0 amide bonds. The fraction of sp³-hybridized carbons (Fsp3) is 0.727. The van der Waals surface area contributed by atoms with E-state index in [2.05, 4.69) is 27.4 Å². The number of carbonyl (C=O) groups excluding carboxylic acids is 1. The first-order valence-corrected chi connectivity index (χ1v) is 4.71. The van der Waals surface area contributed by atoms with Crippen LogP contribution in [0.5, 0.6) is 0 Å². The van der Waals surface area contributed by atoms with Gasteiger partial charge in [-0.15, -0.1) is 0 Å². The molecular formula is C11H20O2. The average molecular weight is 184 g/mol. The monoisotopic (exact) mass is 184 g/mol. The Hall–Kier alpha value is -0.790. The lowest BCUT2D eigenvalue weighted by Gasteiger charge is -2.17. The number of carbonyl (C=O) groups is 1. The number of rotatable bonds is 4. The molecule has 0 fully saturated rings. The van der Waals surface area contributed by atoms with Crippen LogP contribution in [0.1, 0.15) is 40.5 Å². The van der Waals surface area contributed by atoms with Crippen LogP contribution in [0.25, 0.3) is 0 Å². The van der Waals surface area contributed by atoms with Crippen LogP contribution in [-0.4, -0.2) is 12.6 Å². The molecule has 0 aromatic heterocycles. The highest BCUT2D eigenvalue weighted by molar-refractivity contribution is 5.87. The first-order chi connectivity index (χ1) is 5.87. The van der Waals surface area contributed by atoms with Gasteiger partial charge in [0.15, 0.2) is 0 Å². The molecule has 0 radical (unpaired) electrons. The van der Waals surface area contributed by atoms with Crippen molar-refractivity contribution in [2.24, 2.45) is 5.41 Å². The van der Waals surface area contributed by atoms with Gasteiger partial charge in [-0.2, -0.15) is 0 Å². The highest BCUT2D eigenvalue weighted by Gasteiger charge is 2.12. The topological polar surface area (TPSA) is 26.3 Å². The second-order valence-electron chi connectivity index (χ2n) is 4.40. The lowest BCUT2D eigenvalue weighted by atomic mass is 9.93. The number of hydrogen-bond donors (Lipinski definition) is 0. The highest BCUT2D eigenvalue weighted by Crippen LogP contribution is 2.18. The largest absolute Gasteiger partial charge is 0.462 e. The third kappa shape index (κ3) is 6.38. The van der Waals surface area contributed by atoms with Gasteiger partial charge in [0.1, 0.15) is 0 Å². The molecule has 0 spiro atoms. The molecule has 0 rings (SSSR count). The van der Waals surface area contributed by atoms with Gasteiger partial charge in [-0.3, -0.25) is 0 Å². The van der Waals surface area contributed by atoms with Crippen molar-refractivity contribution in [3.63, 3.8) is 0 Å². The highest BCUT2D eigenvalue weighted by atomic mass is 16.5. The molecule has 0 aromatic carbocycles. The molecule has 0 aliphatic rings. The predicted molar refractivity (Wildman–Crippen MR) is 54.5 cm³/mol. The maximum atomic E-state index is 11.1. The van der Waals surface area contributed by atoms with Gasteiger partial charge in [-0.1, -0.05) is 34.3 Å². The van der Waals surface area contributed by atoms with Crippen LogP contribution >= 0.6 is 0 Å². The van der Waals surface area contributed by atoms with E-state index in [1.165, 1.54) is 0 Å². The molecule has 0 saturated heterocycles. The van der Waals surface area contributed by atoms with E-state index in [0.717, 1.165) is 6.42 Å². The summed E-state index contributed by atoms with van der Waals surface area (Å²) in [4.78, 5) is 11.1. The summed E-state index contributed by atoms with van der Waals surface area (Å²) in [6.07, 6.45) is 1.55. The predicted octanol–water partition coefficient (Wildman–Crippen LogP) is 2.93. The lowest BCUT2D eigenvalue weighted by molar-refractivity contribution is -0.139. The first-order valence-electron chi connectivity index (χ1n) is 4.71. The molecule has 0 aromatic rings. The lowest BCUT2D eigenvalue weighted by Crippen LogP contribution is -2.13. The van der Waals surface area contributed by atoms with Crippen LogP contribution in [0.15, 0.2) is 12.2 Å². The van der Waals surface area contributed by atoms with Crippen molar-refractivity contribution in [3.05, 3.63) is 12.2 Å². The molecule has 13 heavy (non-hydrogen) atoms. The van der Waals surface area contributed by atoms with Crippen molar-refractivity contribution < 1.29 is 9.53 Å². The Kier molecular flexibility index (Phi) is 4.74. The van der Waals surface area contributed by atoms with Crippen LogP contribution in [0, 0.1) is 5.41 Å². The molecule has 0 saturated carbocycles. The van der Waals surface area contributed by atoms with Crippen molar-refractivity contribution in [2.45, 2.75) is 40.5 Å². The number of hydrogen-bond acceptors (Lipinski definition) is 2. The van der Waals surface area contributed by atoms with E-state index >= 15 is 0 Å². The first kappa shape index (κ1) is 12.2. The van der Waals surface area contributed by atoms with Crippen LogP contribution < -0.4 is 0 Å². The summed E-state index contributed by atoms with van der Waals surface area (Å²) in [5.74, 6) is -0.258. The second kappa shape index (κ2) is 5.05.